The Balaban J connectivity index is 1.65. The van der Waals surface area contributed by atoms with Gasteiger partial charge in [0, 0.05) is 24.0 Å². The van der Waals surface area contributed by atoms with Crippen molar-refractivity contribution < 1.29 is 4.79 Å². The third-order valence-electron chi connectivity index (χ3n) is 2.79. The first kappa shape index (κ1) is 14.1. The molecule has 22 heavy (non-hydrogen) atoms. The quantitative estimate of drug-likeness (QED) is 0.751. The fourth-order valence-electron chi connectivity index (χ4n) is 1.76. The van der Waals surface area contributed by atoms with E-state index in [4.69, 9.17) is 0 Å². The van der Waals surface area contributed by atoms with Crippen LogP contribution in [0.5, 0.6) is 0 Å². The van der Waals surface area contributed by atoms with Crippen LogP contribution < -0.4 is 5.32 Å². The Morgan fingerprint density at radius 2 is 1.95 bits per heavy atom. The summed E-state index contributed by atoms with van der Waals surface area (Å²) in [7, 11) is 0. The molecule has 2 heterocycles. The summed E-state index contributed by atoms with van der Waals surface area (Å²) in [6, 6.07) is 13.3. The van der Waals surface area contributed by atoms with E-state index < -0.39 is 0 Å². The highest BCUT2D eigenvalue weighted by Crippen LogP contribution is 2.25. The zero-order chi connectivity index (χ0) is 15.2. The molecule has 3 aromatic rings. The van der Waals surface area contributed by atoms with Crippen LogP contribution >= 0.6 is 11.3 Å². The minimum Gasteiger partial charge on any atom is -0.297 e. The van der Waals surface area contributed by atoms with Gasteiger partial charge in [-0.25, -0.2) is 0 Å². The van der Waals surface area contributed by atoms with Crippen molar-refractivity contribution in [2.75, 3.05) is 5.32 Å². The second kappa shape index (κ2) is 6.73. The number of nitrogens with one attached hydrogen (secondary N) is 1. The van der Waals surface area contributed by atoms with Crippen molar-refractivity contribution in [2.24, 2.45) is 0 Å². The van der Waals surface area contributed by atoms with Gasteiger partial charge in [0.15, 0.2) is 5.01 Å². The van der Waals surface area contributed by atoms with Crippen LogP contribution in [0.2, 0.25) is 0 Å². The Morgan fingerprint density at radius 1 is 1.09 bits per heavy atom. The molecule has 0 saturated heterocycles. The maximum Gasteiger partial charge on any atom is 0.250 e. The lowest BCUT2D eigenvalue weighted by Gasteiger charge is -1.95. The fraction of sp³-hybridized carbons (Fsp3) is 0. The maximum atomic E-state index is 11.9. The SMILES string of the molecule is O=C(C=Cc1ccccc1)Nc1nnc(-c2cccnc2)s1. The first-order valence-corrected chi connectivity index (χ1v) is 7.41. The van der Waals surface area contributed by atoms with E-state index in [-0.39, 0.29) is 5.91 Å². The molecule has 1 aromatic carbocycles. The van der Waals surface area contributed by atoms with Crippen LogP contribution in [-0.2, 0) is 4.79 Å². The Labute approximate surface area is 131 Å². The van der Waals surface area contributed by atoms with E-state index in [0.717, 1.165) is 16.1 Å². The first-order valence-electron chi connectivity index (χ1n) is 6.59. The van der Waals surface area contributed by atoms with Crippen molar-refractivity contribution >= 4 is 28.5 Å². The van der Waals surface area contributed by atoms with Gasteiger partial charge in [-0.15, -0.1) is 10.2 Å². The summed E-state index contributed by atoms with van der Waals surface area (Å²) in [4.78, 5) is 15.9. The molecule has 0 bridgehead atoms. The average Bonchev–Trinajstić information content (AvgIpc) is 3.03. The van der Waals surface area contributed by atoms with Crippen LogP contribution in [0.4, 0.5) is 5.13 Å². The molecule has 0 atom stereocenters. The normalized spacial score (nSPS) is 10.7. The number of carbonyl (C=O) groups excluding carboxylic acids is 1. The molecule has 3 rings (SSSR count). The van der Waals surface area contributed by atoms with Crippen molar-refractivity contribution in [2.45, 2.75) is 0 Å². The van der Waals surface area contributed by atoms with Crippen molar-refractivity contribution in [3.8, 4) is 10.6 Å². The average molecular weight is 308 g/mol. The highest BCUT2D eigenvalue weighted by Gasteiger charge is 2.08. The number of anilines is 1. The molecule has 0 aliphatic carbocycles. The summed E-state index contributed by atoms with van der Waals surface area (Å²) < 4.78 is 0. The summed E-state index contributed by atoms with van der Waals surface area (Å²) in [6.07, 6.45) is 6.63. The summed E-state index contributed by atoms with van der Waals surface area (Å²) in [5.74, 6) is -0.238. The van der Waals surface area contributed by atoms with E-state index in [0.29, 0.717) is 5.13 Å². The third-order valence-corrected chi connectivity index (χ3v) is 3.68. The van der Waals surface area contributed by atoms with Gasteiger partial charge in [-0.05, 0) is 23.8 Å². The topological polar surface area (TPSA) is 67.8 Å². The van der Waals surface area contributed by atoms with E-state index in [2.05, 4.69) is 20.5 Å². The van der Waals surface area contributed by atoms with Crippen molar-refractivity contribution in [3.05, 3.63) is 66.5 Å². The number of rotatable bonds is 4. The molecular formula is C16H12N4OS. The molecule has 0 spiro atoms. The van der Waals surface area contributed by atoms with Gasteiger partial charge in [0.1, 0.15) is 0 Å². The molecule has 0 saturated carbocycles. The van der Waals surface area contributed by atoms with E-state index in [1.54, 1.807) is 18.5 Å². The molecular weight excluding hydrogens is 296 g/mol. The van der Waals surface area contributed by atoms with Crippen molar-refractivity contribution in [1.82, 2.24) is 15.2 Å². The lowest BCUT2D eigenvalue weighted by Crippen LogP contribution is -2.07. The second-order valence-corrected chi connectivity index (χ2v) is 5.36. The number of carbonyl (C=O) groups is 1. The minimum absolute atomic E-state index is 0.238. The van der Waals surface area contributed by atoms with E-state index in [1.807, 2.05) is 42.5 Å². The monoisotopic (exact) mass is 308 g/mol. The van der Waals surface area contributed by atoms with Gasteiger partial charge >= 0.3 is 0 Å². The van der Waals surface area contributed by atoms with Crippen LogP contribution in [-0.4, -0.2) is 21.1 Å². The molecule has 108 valence electrons. The summed E-state index contributed by atoms with van der Waals surface area (Å²) >= 11 is 1.31. The lowest BCUT2D eigenvalue weighted by atomic mass is 10.2. The molecule has 0 unspecified atom stereocenters. The van der Waals surface area contributed by atoms with Gasteiger partial charge < -0.3 is 0 Å². The number of hydrogen-bond acceptors (Lipinski definition) is 5. The number of benzene rings is 1. The highest BCUT2D eigenvalue weighted by atomic mass is 32.1. The number of amides is 1. The molecule has 0 aliphatic rings. The van der Waals surface area contributed by atoms with Gasteiger partial charge in [0.05, 0.1) is 0 Å². The summed E-state index contributed by atoms with van der Waals surface area (Å²) in [5.41, 5.74) is 1.84. The Morgan fingerprint density at radius 3 is 2.73 bits per heavy atom. The molecule has 0 radical (unpaired) electrons. The van der Waals surface area contributed by atoms with Crippen LogP contribution in [0, 0.1) is 0 Å². The smallest absolute Gasteiger partial charge is 0.250 e. The fourth-order valence-corrected chi connectivity index (χ4v) is 2.50. The van der Waals surface area contributed by atoms with Gasteiger partial charge in [-0.2, -0.15) is 0 Å². The van der Waals surface area contributed by atoms with Crippen LogP contribution in [0.3, 0.4) is 0 Å². The largest absolute Gasteiger partial charge is 0.297 e. The molecule has 2 aromatic heterocycles. The Kier molecular flexibility index (Phi) is 4.31. The van der Waals surface area contributed by atoms with E-state index >= 15 is 0 Å². The molecule has 0 fully saturated rings. The summed E-state index contributed by atoms with van der Waals surface area (Å²) in [5, 5.41) is 11.9. The minimum atomic E-state index is -0.238. The second-order valence-electron chi connectivity index (χ2n) is 4.39. The van der Waals surface area contributed by atoms with Crippen LogP contribution in [0.1, 0.15) is 5.56 Å². The predicted octanol–water partition coefficient (Wildman–Crippen LogP) is 3.25. The first-order chi connectivity index (χ1) is 10.8. The van der Waals surface area contributed by atoms with Gasteiger partial charge in [0.25, 0.3) is 0 Å². The summed E-state index contributed by atoms with van der Waals surface area (Å²) in [6.45, 7) is 0. The zero-order valence-corrected chi connectivity index (χ0v) is 12.3. The van der Waals surface area contributed by atoms with Crippen LogP contribution in [0.25, 0.3) is 16.6 Å². The molecule has 0 aliphatic heterocycles. The van der Waals surface area contributed by atoms with Crippen molar-refractivity contribution in [1.29, 1.82) is 0 Å². The van der Waals surface area contributed by atoms with Gasteiger partial charge in [0.2, 0.25) is 11.0 Å². The standard InChI is InChI=1S/C16H12N4OS/c21-14(9-8-12-5-2-1-3-6-12)18-16-20-19-15(22-16)13-7-4-10-17-11-13/h1-11H,(H,18,20,21). The van der Waals surface area contributed by atoms with Gasteiger partial charge in [-0.1, -0.05) is 41.7 Å². The lowest BCUT2D eigenvalue weighted by molar-refractivity contribution is -0.111. The number of nitrogens with zero attached hydrogens (tertiary/aromatic N) is 3. The molecule has 1 amide bonds. The zero-order valence-electron chi connectivity index (χ0n) is 11.5. The van der Waals surface area contributed by atoms with Gasteiger partial charge in [-0.3, -0.25) is 15.1 Å². The third kappa shape index (κ3) is 3.62. The highest BCUT2D eigenvalue weighted by molar-refractivity contribution is 7.18. The molecule has 1 N–H and O–H groups in total. The Hall–Kier alpha value is -2.86. The molecule has 5 nitrogen and oxygen atoms in total. The molecule has 6 heteroatoms. The van der Waals surface area contributed by atoms with Crippen LogP contribution in [0.15, 0.2) is 60.9 Å². The van der Waals surface area contributed by atoms with Crippen molar-refractivity contribution in [3.63, 3.8) is 0 Å². The maximum absolute atomic E-state index is 11.9. The number of aromatic nitrogens is 3. The predicted molar refractivity (Wildman–Crippen MR) is 87.2 cm³/mol. The van der Waals surface area contributed by atoms with E-state index in [9.17, 15) is 4.79 Å². The number of hydrogen-bond donors (Lipinski definition) is 1. The number of pyridine rings is 1. The Bertz CT molecular complexity index is 784. The van der Waals surface area contributed by atoms with E-state index in [1.165, 1.54) is 17.4 Å².